The molecule has 0 saturated carbocycles. The van der Waals surface area contributed by atoms with Gasteiger partial charge in [-0.3, -0.25) is 9.59 Å². The molecule has 7 heteroatoms. The number of amides is 2. The van der Waals surface area contributed by atoms with E-state index in [4.69, 9.17) is 4.74 Å². The van der Waals surface area contributed by atoms with Crippen LogP contribution in [0.25, 0.3) is 0 Å². The maximum absolute atomic E-state index is 13.6. The zero-order valence-electron chi connectivity index (χ0n) is 19.5. The van der Waals surface area contributed by atoms with Crippen LogP contribution < -0.4 is 4.90 Å². The zero-order chi connectivity index (χ0) is 23.5. The first-order valence-corrected chi connectivity index (χ1v) is 11.9. The van der Waals surface area contributed by atoms with Crippen LogP contribution in [0, 0.1) is 6.92 Å². The number of anilines is 1. The van der Waals surface area contributed by atoms with Crippen LogP contribution in [-0.4, -0.2) is 58.1 Å². The number of hydrogen-bond donors (Lipinski definition) is 0. The second-order valence-corrected chi connectivity index (χ2v) is 9.19. The Hall–Kier alpha value is -3.45. The third-order valence-corrected chi connectivity index (χ3v) is 7.01. The molecule has 7 nitrogen and oxygen atoms in total. The molecule has 3 aromatic rings. The van der Waals surface area contributed by atoms with Crippen molar-refractivity contribution in [2.75, 3.05) is 31.1 Å². The Balaban J connectivity index is 1.31. The molecule has 176 valence electrons. The SMILES string of the molecule is Cc1nccn1Cc1ccccc1C(=O)N1CCC[C@]2(CC1)CN(c1ccccc1)C(=O)CO2. The molecule has 2 amide bonds. The van der Waals surface area contributed by atoms with Gasteiger partial charge in [0, 0.05) is 43.3 Å². The van der Waals surface area contributed by atoms with E-state index in [1.165, 1.54) is 0 Å². The smallest absolute Gasteiger partial charge is 0.254 e. The van der Waals surface area contributed by atoms with Crippen LogP contribution in [0.4, 0.5) is 5.69 Å². The van der Waals surface area contributed by atoms with Gasteiger partial charge in [-0.05, 0) is 49.9 Å². The Morgan fingerprint density at radius 2 is 1.85 bits per heavy atom. The van der Waals surface area contributed by atoms with Crippen LogP contribution in [0.5, 0.6) is 0 Å². The van der Waals surface area contributed by atoms with Crippen molar-refractivity contribution in [2.24, 2.45) is 0 Å². The zero-order valence-corrected chi connectivity index (χ0v) is 19.5. The van der Waals surface area contributed by atoms with E-state index in [9.17, 15) is 9.59 Å². The first-order chi connectivity index (χ1) is 16.5. The number of carbonyl (C=O) groups is 2. The number of aromatic nitrogens is 2. The first kappa shape index (κ1) is 22.3. The highest BCUT2D eigenvalue weighted by Crippen LogP contribution is 2.33. The van der Waals surface area contributed by atoms with Crippen LogP contribution in [0.1, 0.15) is 41.0 Å². The summed E-state index contributed by atoms with van der Waals surface area (Å²) in [7, 11) is 0. The van der Waals surface area contributed by atoms with E-state index in [1.807, 2.05) is 77.5 Å². The minimum Gasteiger partial charge on any atom is -0.363 e. The maximum atomic E-state index is 13.6. The van der Waals surface area contributed by atoms with Crippen molar-refractivity contribution in [1.82, 2.24) is 14.5 Å². The highest BCUT2D eigenvalue weighted by molar-refractivity contribution is 5.96. The number of rotatable bonds is 4. The highest BCUT2D eigenvalue weighted by atomic mass is 16.5. The Kier molecular flexibility index (Phi) is 6.20. The van der Waals surface area contributed by atoms with Gasteiger partial charge in [-0.25, -0.2) is 4.98 Å². The van der Waals surface area contributed by atoms with Gasteiger partial charge in [-0.2, -0.15) is 0 Å². The van der Waals surface area contributed by atoms with Crippen LogP contribution in [0.2, 0.25) is 0 Å². The third kappa shape index (κ3) is 4.48. The lowest BCUT2D eigenvalue weighted by Crippen LogP contribution is -2.55. The molecule has 34 heavy (non-hydrogen) atoms. The Bertz CT molecular complexity index is 1180. The molecule has 3 heterocycles. The second kappa shape index (κ2) is 9.43. The fraction of sp³-hybridized carbons (Fsp3) is 0.370. The van der Waals surface area contributed by atoms with E-state index in [0.29, 0.717) is 32.6 Å². The fourth-order valence-corrected chi connectivity index (χ4v) is 5.02. The number of hydrogen-bond acceptors (Lipinski definition) is 4. The minimum absolute atomic E-state index is 0.0160. The number of benzene rings is 2. The quantitative estimate of drug-likeness (QED) is 0.598. The number of nitrogens with zero attached hydrogens (tertiary/aromatic N) is 4. The summed E-state index contributed by atoms with van der Waals surface area (Å²) in [6.07, 6.45) is 6.08. The van der Waals surface area contributed by atoms with Gasteiger partial charge < -0.3 is 19.1 Å². The number of morpholine rings is 1. The molecule has 2 fully saturated rings. The summed E-state index contributed by atoms with van der Waals surface area (Å²) in [4.78, 5) is 34.3. The number of imidazole rings is 1. The van der Waals surface area contributed by atoms with Gasteiger partial charge >= 0.3 is 0 Å². The summed E-state index contributed by atoms with van der Waals surface area (Å²) in [5, 5.41) is 0. The predicted molar refractivity (Wildman–Crippen MR) is 130 cm³/mol. The monoisotopic (exact) mass is 458 g/mol. The van der Waals surface area contributed by atoms with Crippen LogP contribution in [-0.2, 0) is 16.1 Å². The molecule has 0 unspecified atom stereocenters. The molecule has 2 saturated heterocycles. The van der Waals surface area contributed by atoms with Crippen molar-refractivity contribution in [3.05, 3.63) is 83.9 Å². The van der Waals surface area contributed by atoms with Gasteiger partial charge in [0.05, 0.1) is 12.1 Å². The average molecular weight is 459 g/mol. The molecule has 5 rings (SSSR count). The largest absolute Gasteiger partial charge is 0.363 e. The van der Waals surface area contributed by atoms with Crippen molar-refractivity contribution < 1.29 is 14.3 Å². The van der Waals surface area contributed by atoms with Crippen LogP contribution in [0.15, 0.2) is 67.0 Å². The van der Waals surface area contributed by atoms with Gasteiger partial charge in [-0.15, -0.1) is 0 Å². The third-order valence-electron chi connectivity index (χ3n) is 7.01. The summed E-state index contributed by atoms with van der Waals surface area (Å²) < 4.78 is 8.20. The summed E-state index contributed by atoms with van der Waals surface area (Å²) in [5.74, 6) is 0.959. The molecular weight excluding hydrogens is 428 g/mol. The van der Waals surface area contributed by atoms with Gasteiger partial charge in [0.1, 0.15) is 12.4 Å². The Morgan fingerprint density at radius 3 is 2.65 bits per heavy atom. The number of aryl methyl sites for hydroxylation is 1. The fourth-order valence-electron chi connectivity index (χ4n) is 5.02. The van der Waals surface area contributed by atoms with Gasteiger partial charge in [0.2, 0.25) is 0 Å². The maximum Gasteiger partial charge on any atom is 0.254 e. The summed E-state index contributed by atoms with van der Waals surface area (Å²) in [5.41, 5.74) is 2.20. The molecule has 2 aromatic carbocycles. The lowest BCUT2D eigenvalue weighted by Gasteiger charge is -2.42. The summed E-state index contributed by atoms with van der Waals surface area (Å²) in [6, 6.07) is 17.6. The van der Waals surface area contributed by atoms with Crippen molar-refractivity contribution in [3.63, 3.8) is 0 Å². The highest BCUT2D eigenvalue weighted by Gasteiger charge is 2.42. The minimum atomic E-state index is -0.424. The standard InChI is InChI=1S/C27H30N4O3/c1-21-28-14-17-30(21)18-22-8-5-6-11-24(22)26(33)29-15-7-12-27(13-16-29)20-31(25(32)19-34-27)23-9-3-2-4-10-23/h2-6,8-11,14,17H,7,12-13,15-16,18-20H2,1H3/t27-/m0/s1. The van der Waals surface area contributed by atoms with Crippen molar-refractivity contribution in [1.29, 1.82) is 0 Å². The number of likely N-dealkylation sites (tertiary alicyclic amines) is 1. The van der Waals surface area contributed by atoms with E-state index in [-0.39, 0.29) is 18.4 Å². The Morgan fingerprint density at radius 1 is 1.06 bits per heavy atom. The topological polar surface area (TPSA) is 67.7 Å². The van der Waals surface area contributed by atoms with Crippen molar-refractivity contribution in [2.45, 2.75) is 38.3 Å². The van der Waals surface area contributed by atoms with Crippen molar-refractivity contribution >= 4 is 17.5 Å². The average Bonchev–Trinajstić information content (AvgIpc) is 3.15. The normalized spacial score (nSPS) is 21.0. The number of para-hydroxylation sites is 1. The summed E-state index contributed by atoms with van der Waals surface area (Å²) in [6.45, 7) is 4.47. The molecule has 1 atom stereocenters. The Labute approximate surface area is 200 Å². The number of ether oxygens (including phenoxy) is 1. The van der Waals surface area contributed by atoms with E-state index >= 15 is 0 Å². The van der Waals surface area contributed by atoms with Crippen molar-refractivity contribution in [3.8, 4) is 0 Å². The molecule has 0 N–H and O–H groups in total. The van der Waals surface area contributed by atoms with E-state index in [2.05, 4.69) is 9.55 Å². The number of carbonyl (C=O) groups excluding carboxylic acids is 2. The molecule has 0 bridgehead atoms. The molecule has 1 aromatic heterocycles. The summed E-state index contributed by atoms with van der Waals surface area (Å²) >= 11 is 0. The van der Waals surface area contributed by atoms with Gasteiger partial charge in [-0.1, -0.05) is 36.4 Å². The molecule has 0 radical (unpaired) electrons. The lowest BCUT2D eigenvalue weighted by molar-refractivity contribution is -0.140. The molecular formula is C27H30N4O3. The second-order valence-electron chi connectivity index (χ2n) is 9.19. The molecule has 1 spiro atoms. The first-order valence-electron chi connectivity index (χ1n) is 11.9. The molecule has 0 aliphatic carbocycles. The van der Waals surface area contributed by atoms with Crippen LogP contribution >= 0.6 is 0 Å². The predicted octanol–water partition coefficient (Wildman–Crippen LogP) is 3.67. The molecule has 2 aliphatic rings. The van der Waals surface area contributed by atoms with E-state index in [1.54, 1.807) is 6.20 Å². The van der Waals surface area contributed by atoms with E-state index in [0.717, 1.165) is 35.5 Å². The lowest BCUT2D eigenvalue weighted by atomic mass is 9.92. The van der Waals surface area contributed by atoms with Crippen LogP contribution in [0.3, 0.4) is 0 Å². The van der Waals surface area contributed by atoms with Gasteiger partial charge in [0.15, 0.2) is 0 Å². The van der Waals surface area contributed by atoms with E-state index < -0.39 is 5.60 Å². The van der Waals surface area contributed by atoms with Gasteiger partial charge in [0.25, 0.3) is 11.8 Å². The molecule has 2 aliphatic heterocycles.